The van der Waals surface area contributed by atoms with E-state index in [-0.39, 0.29) is 0 Å². The number of hydrogen-bond acceptors (Lipinski definition) is 6. The molecule has 0 aliphatic carbocycles. The number of thiazole rings is 1. The fraction of sp³-hybridized carbons (Fsp3) is 0.222. The number of aromatic nitrogens is 3. The Labute approximate surface area is 110 Å². The standard InChI is InChI=1S/C9H9BrN4S2/c1-2-11-8-13-5-6(10)7(14-8)16-9-12-3-4-15-9/h3-5H,2H2,1H3,(H,11,13,14). The van der Waals surface area contributed by atoms with Gasteiger partial charge in [0.15, 0.2) is 4.34 Å². The monoisotopic (exact) mass is 316 g/mol. The van der Waals surface area contributed by atoms with E-state index in [9.17, 15) is 0 Å². The lowest BCUT2D eigenvalue weighted by molar-refractivity contribution is 0.998. The first-order valence-corrected chi connectivity index (χ1v) is 7.12. The van der Waals surface area contributed by atoms with Crippen molar-refractivity contribution in [3.05, 3.63) is 22.2 Å². The van der Waals surface area contributed by atoms with E-state index in [1.807, 2.05) is 12.3 Å². The lowest BCUT2D eigenvalue weighted by Crippen LogP contribution is -2.02. The number of nitrogens with one attached hydrogen (secondary N) is 1. The summed E-state index contributed by atoms with van der Waals surface area (Å²) < 4.78 is 1.86. The minimum absolute atomic E-state index is 0.643. The van der Waals surface area contributed by atoms with Crippen LogP contribution >= 0.6 is 39.0 Å². The van der Waals surface area contributed by atoms with Crippen LogP contribution in [0.4, 0.5) is 5.95 Å². The predicted octanol–water partition coefficient (Wildman–Crippen LogP) is 3.28. The zero-order valence-electron chi connectivity index (χ0n) is 8.48. The summed E-state index contributed by atoms with van der Waals surface area (Å²) in [6.07, 6.45) is 3.54. The second kappa shape index (κ2) is 5.60. The number of hydrogen-bond donors (Lipinski definition) is 1. The van der Waals surface area contributed by atoms with Crippen molar-refractivity contribution in [1.82, 2.24) is 15.0 Å². The molecular weight excluding hydrogens is 308 g/mol. The molecule has 2 rings (SSSR count). The van der Waals surface area contributed by atoms with Crippen LogP contribution in [-0.4, -0.2) is 21.5 Å². The van der Waals surface area contributed by atoms with Gasteiger partial charge >= 0.3 is 0 Å². The van der Waals surface area contributed by atoms with Gasteiger partial charge in [-0.15, -0.1) is 11.3 Å². The molecule has 0 bridgehead atoms. The highest BCUT2D eigenvalue weighted by Crippen LogP contribution is 2.32. The quantitative estimate of drug-likeness (QED) is 0.877. The zero-order valence-corrected chi connectivity index (χ0v) is 11.7. The minimum Gasteiger partial charge on any atom is -0.354 e. The van der Waals surface area contributed by atoms with Gasteiger partial charge in [0.25, 0.3) is 0 Å². The summed E-state index contributed by atoms with van der Waals surface area (Å²) >= 11 is 6.56. The lowest BCUT2D eigenvalue weighted by Gasteiger charge is -2.04. The third-order valence-electron chi connectivity index (χ3n) is 1.64. The minimum atomic E-state index is 0.643. The number of rotatable bonds is 4. The molecule has 0 fully saturated rings. The molecule has 0 saturated carbocycles. The summed E-state index contributed by atoms with van der Waals surface area (Å²) in [6, 6.07) is 0. The second-order valence-corrected chi connectivity index (χ2v) is 5.76. The maximum atomic E-state index is 4.40. The van der Waals surface area contributed by atoms with Crippen LogP contribution in [0.1, 0.15) is 6.92 Å². The molecule has 0 radical (unpaired) electrons. The largest absolute Gasteiger partial charge is 0.354 e. The number of anilines is 1. The van der Waals surface area contributed by atoms with Crippen molar-refractivity contribution in [3.63, 3.8) is 0 Å². The van der Waals surface area contributed by atoms with Gasteiger partial charge in [0.05, 0.1) is 4.47 Å². The first kappa shape index (κ1) is 11.8. The predicted molar refractivity (Wildman–Crippen MR) is 70.1 cm³/mol. The molecule has 0 saturated heterocycles. The Kier molecular flexibility index (Phi) is 4.14. The van der Waals surface area contributed by atoms with Crippen LogP contribution in [0.5, 0.6) is 0 Å². The zero-order chi connectivity index (χ0) is 11.4. The van der Waals surface area contributed by atoms with E-state index >= 15 is 0 Å². The van der Waals surface area contributed by atoms with Gasteiger partial charge in [-0.05, 0) is 34.6 Å². The van der Waals surface area contributed by atoms with Crippen molar-refractivity contribution in [2.24, 2.45) is 0 Å². The van der Waals surface area contributed by atoms with E-state index in [4.69, 9.17) is 0 Å². The van der Waals surface area contributed by atoms with Crippen molar-refractivity contribution in [1.29, 1.82) is 0 Å². The van der Waals surface area contributed by atoms with Gasteiger partial charge in [-0.25, -0.2) is 15.0 Å². The van der Waals surface area contributed by atoms with E-state index in [1.165, 1.54) is 11.8 Å². The summed E-state index contributed by atoms with van der Waals surface area (Å²) in [5.41, 5.74) is 0. The highest BCUT2D eigenvalue weighted by Gasteiger charge is 2.08. The molecule has 0 aliphatic rings. The Morgan fingerprint density at radius 2 is 2.38 bits per heavy atom. The Morgan fingerprint density at radius 1 is 1.50 bits per heavy atom. The van der Waals surface area contributed by atoms with Crippen molar-refractivity contribution in [3.8, 4) is 0 Å². The Hall–Kier alpha value is -0.660. The molecule has 0 unspecified atom stereocenters. The van der Waals surface area contributed by atoms with Gasteiger partial charge in [-0.3, -0.25) is 0 Å². The SMILES string of the molecule is CCNc1ncc(Br)c(Sc2nccs2)n1. The molecule has 2 aromatic rings. The van der Waals surface area contributed by atoms with Crippen LogP contribution < -0.4 is 5.32 Å². The van der Waals surface area contributed by atoms with Gasteiger partial charge < -0.3 is 5.32 Å². The molecule has 1 N–H and O–H groups in total. The van der Waals surface area contributed by atoms with Crippen LogP contribution in [-0.2, 0) is 0 Å². The Balaban J connectivity index is 2.21. The van der Waals surface area contributed by atoms with Gasteiger partial charge in [-0.2, -0.15) is 0 Å². The van der Waals surface area contributed by atoms with Gasteiger partial charge in [0, 0.05) is 24.3 Å². The van der Waals surface area contributed by atoms with E-state index in [2.05, 4.69) is 36.2 Å². The van der Waals surface area contributed by atoms with Crippen LogP contribution in [0.15, 0.2) is 31.6 Å². The molecule has 16 heavy (non-hydrogen) atoms. The normalized spacial score (nSPS) is 10.4. The molecule has 0 spiro atoms. The second-order valence-electron chi connectivity index (χ2n) is 2.78. The Bertz CT molecular complexity index is 461. The highest BCUT2D eigenvalue weighted by molar-refractivity contribution is 9.10. The van der Waals surface area contributed by atoms with E-state index in [0.717, 1.165) is 20.4 Å². The van der Waals surface area contributed by atoms with E-state index in [1.54, 1.807) is 23.7 Å². The molecule has 84 valence electrons. The molecule has 2 heterocycles. The molecule has 0 aliphatic heterocycles. The summed E-state index contributed by atoms with van der Waals surface area (Å²) in [5, 5.41) is 5.90. The fourth-order valence-corrected chi connectivity index (χ4v) is 2.96. The first-order chi connectivity index (χ1) is 7.79. The van der Waals surface area contributed by atoms with Crippen LogP contribution in [0, 0.1) is 0 Å². The topological polar surface area (TPSA) is 50.7 Å². The van der Waals surface area contributed by atoms with Crippen molar-refractivity contribution in [2.75, 3.05) is 11.9 Å². The summed E-state index contributed by atoms with van der Waals surface area (Å²) in [7, 11) is 0. The van der Waals surface area contributed by atoms with E-state index in [0.29, 0.717) is 5.95 Å². The maximum absolute atomic E-state index is 4.40. The van der Waals surface area contributed by atoms with Crippen molar-refractivity contribution < 1.29 is 0 Å². The number of halogens is 1. The molecule has 0 aromatic carbocycles. The molecule has 0 amide bonds. The fourth-order valence-electron chi connectivity index (χ4n) is 1.01. The van der Waals surface area contributed by atoms with Crippen LogP contribution in [0.25, 0.3) is 0 Å². The van der Waals surface area contributed by atoms with E-state index < -0.39 is 0 Å². The summed E-state index contributed by atoms with van der Waals surface area (Å²) in [4.78, 5) is 12.8. The smallest absolute Gasteiger partial charge is 0.223 e. The van der Waals surface area contributed by atoms with Crippen LogP contribution in [0.3, 0.4) is 0 Å². The molecule has 2 aromatic heterocycles. The highest BCUT2D eigenvalue weighted by atomic mass is 79.9. The molecule has 7 heteroatoms. The third-order valence-corrected chi connectivity index (χ3v) is 4.37. The van der Waals surface area contributed by atoms with Crippen molar-refractivity contribution in [2.45, 2.75) is 16.3 Å². The van der Waals surface area contributed by atoms with Gasteiger partial charge in [0.1, 0.15) is 5.03 Å². The van der Waals surface area contributed by atoms with Gasteiger partial charge in [0.2, 0.25) is 5.95 Å². The molecular formula is C9H9BrN4S2. The first-order valence-electron chi connectivity index (χ1n) is 4.63. The lowest BCUT2D eigenvalue weighted by atomic mass is 10.6. The average Bonchev–Trinajstić information content (AvgIpc) is 2.76. The number of nitrogens with zero attached hydrogens (tertiary/aromatic N) is 3. The third kappa shape index (κ3) is 2.93. The van der Waals surface area contributed by atoms with Gasteiger partial charge in [-0.1, -0.05) is 0 Å². The summed E-state index contributed by atoms with van der Waals surface area (Å²) in [6.45, 7) is 2.82. The summed E-state index contributed by atoms with van der Waals surface area (Å²) in [5.74, 6) is 0.643. The molecule has 0 atom stereocenters. The van der Waals surface area contributed by atoms with Crippen LogP contribution in [0.2, 0.25) is 0 Å². The molecule has 4 nitrogen and oxygen atoms in total. The Morgan fingerprint density at radius 3 is 3.06 bits per heavy atom. The van der Waals surface area contributed by atoms with Crippen molar-refractivity contribution >= 4 is 45.0 Å². The maximum Gasteiger partial charge on any atom is 0.223 e. The average molecular weight is 317 g/mol.